The van der Waals surface area contributed by atoms with E-state index in [1.807, 2.05) is 23.5 Å². The Labute approximate surface area is 122 Å². The molecule has 102 valence electrons. The van der Waals surface area contributed by atoms with E-state index >= 15 is 0 Å². The number of nitrogens with one attached hydrogen (secondary N) is 2. The molecule has 1 aliphatic heterocycles. The smallest absolute Gasteiger partial charge is 0.251 e. The molecule has 0 saturated carbocycles. The monoisotopic (exact) mass is 284 g/mol. The molecule has 0 bridgehead atoms. The van der Waals surface area contributed by atoms with E-state index < -0.39 is 0 Å². The molecule has 0 saturated heterocycles. The van der Waals surface area contributed by atoms with Gasteiger partial charge in [0.25, 0.3) is 5.91 Å². The molecular weight excluding hydrogens is 268 g/mol. The van der Waals surface area contributed by atoms with Crippen LogP contribution >= 0.6 is 11.3 Å². The van der Waals surface area contributed by atoms with E-state index in [0.29, 0.717) is 12.6 Å². The molecule has 1 atom stereocenters. The lowest BCUT2D eigenvalue weighted by Gasteiger charge is -2.25. The Balaban J connectivity index is 1.62. The minimum Gasteiger partial charge on any atom is -0.378 e. The highest BCUT2D eigenvalue weighted by Crippen LogP contribution is 2.35. The van der Waals surface area contributed by atoms with Crippen molar-refractivity contribution >= 4 is 22.9 Å². The van der Waals surface area contributed by atoms with Crippen molar-refractivity contribution in [3.05, 3.63) is 51.2 Å². The van der Waals surface area contributed by atoms with Gasteiger partial charge in [0.05, 0.1) is 6.04 Å². The van der Waals surface area contributed by atoms with Crippen molar-refractivity contribution in [3.63, 3.8) is 0 Å². The molecular formula is C16H16N2OS. The number of carbonyl (C=O) groups is 1. The highest BCUT2D eigenvalue weighted by molar-refractivity contribution is 7.10. The van der Waals surface area contributed by atoms with E-state index in [0.717, 1.165) is 23.2 Å². The average Bonchev–Trinajstić information content (AvgIpc) is 3.07. The van der Waals surface area contributed by atoms with Gasteiger partial charge in [-0.2, -0.15) is 0 Å². The Kier molecular flexibility index (Phi) is 2.77. The second-order valence-electron chi connectivity index (χ2n) is 5.44. The topological polar surface area (TPSA) is 41.1 Å². The van der Waals surface area contributed by atoms with Crippen molar-refractivity contribution in [1.82, 2.24) is 5.32 Å². The van der Waals surface area contributed by atoms with Gasteiger partial charge in [-0.1, -0.05) is 6.07 Å². The fourth-order valence-electron chi connectivity index (χ4n) is 3.14. The zero-order valence-corrected chi connectivity index (χ0v) is 11.9. The van der Waals surface area contributed by atoms with E-state index in [9.17, 15) is 4.79 Å². The van der Waals surface area contributed by atoms with Crippen molar-refractivity contribution in [2.24, 2.45) is 0 Å². The number of amides is 1. The van der Waals surface area contributed by atoms with Gasteiger partial charge in [-0.3, -0.25) is 4.79 Å². The molecule has 4 rings (SSSR count). The molecule has 0 fully saturated rings. The molecule has 0 radical (unpaired) electrons. The summed E-state index contributed by atoms with van der Waals surface area (Å²) in [5, 5.41) is 8.64. The highest BCUT2D eigenvalue weighted by atomic mass is 32.1. The molecule has 1 aromatic carbocycles. The Hall–Kier alpha value is -1.81. The Morgan fingerprint density at radius 2 is 2.25 bits per heavy atom. The van der Waals surface area contributed by atoms with Gasteiger partial charge in [-0.15, -0.1) is 11.3 Å². The molecule has 2 heterocycles. The second kappa shape index (κ2) is 4.63. The molecule has 2 N–H and O–H groups in total. The van der Waals surface area contributed by atoms with Crippen LogP contribution in [0.2, 0.25) is 0 Å². The fourth-order valence-corrected chi connectivity index (χ4v) is 4.13. The summed E-state index contributed by atoms with van der Waals surface area (Å²) < 4.78 is 0. The Bertz CT molecular complexity index is 677. The van der Waals surface area contributed by atoms with Crippen LogP contribution in [0, 0.1) is 0 Å². The van der Waals surface area contributed by atoms with Crippen LogP contribution in [0.5, 0.6) is 0 Å². The third kappa shape index (κ3) is 1.91. The number of hydrogen-bond donors (Lipinski definition) is 2. The zero-order valence-electron chi connectivity index (χ0n) is 11.1. The summed E-state index contributed by atoms with van der Waals surface area (Å²) in [7, 11) is 0. The Morgan fingerprint density at radius 3 is 3.20 bits per heavy atom. The molecule has 20 heavy (non-hydrogen) atoms. The number of aryl methyl sites for hydroxylation is 1. The van der Waals surface area contributed by atoms with Gasteiger partial charge in [0, 0.05) is 22.7 Å². The van der Waals surface area contributed by atoms with Crippen molar-refractivity contribution < 1.29 is 4.79 Å². The summed E-state index contributed by atoms with van der Waals surface area (Å²) in [6.07, 6.45) is 3.60. The number of anilines is 1. The molecule has 2 aliphatic rings. The fraction of sp³-hybridized carbons (Fsp3) is 0.312. The quantitative estimate of drug-likeness (QED) is 0.886. The number of thiophene rings is 1. The van der Waals surface area contributed by atoms with Gasteiger partial charge >= 0.3 is 0 Å². The SMILES string of the molecule is O=C1NCc2ccc(N[C@@H]3CCCc4sccc43)cc21. The first-order valence-electron chi connectivity index (χ1n) is 7.05. The highest BCUT2D eigenvalue weighted by Gasteiger charge is 2.23. The van der Waals surface area contributed by atoms with Crippen LogP contribution < -0.4 is 10.6 Å². The number of rotatable bonds is 2. The third-order valence-corrected chi connectivity index (χ3v) is 5.18. The van der Waals surface area contributed by atoms with Crippen molar-refractivity contribution in [3.8, 4) is 0 Å². The van der Waals surface area contributed by atoms with Crippen LogP contribution in [0.25, 0.3) is 0 Å². The predicted octanol–water partition coefficient (Wildman–Crippen LogP) is 3.48. The minimum atomic E-state index is 0.0449. The van der Waals surface area contributed by atoms with Gasteiger partial charge < -0.3 is 10.6 Å². The zero-order chi connectivity index (χ0) is 13.5. The van der Waals surface area contributed by atoms with E-state index in [1.54, 1.807) is 0 Å². The minimum absolute atomic E-state index is 0.0449. The Morgan fingerprint density at radius 1 is 1.30 bits per heavy atom. The maximum atomic E-state index is 11.7. The first-order valence-corrected chi connectivity index (χ1v) is 7.93. The second-order valence-corrected chi connectivity index (χ2v) is 6.44. The van der Waals surface area contributed by atoms with Gasteiger partial charge in [0.1, 0.15) is 0 Å². The largest absolute Gasteiger partial charge is 0.378 e. The number of carbonyl (C=O) groups excluding carboxylic acids is 1. The lowest BCUT2D eigenvalue weighted by atomic mass is 9.93. The lowest BCUT2D eigenvalue weighted by Crippen LogP contribution is -2.16. The number of benzene rings is 1. The molecule has 0 spiro atoms. The van der Waals surface area contributed by atoms with Gasteiger partial charge in [-0.25, -0.2) is 0 Å². The first-order chi connectivity index (χ1) is 9.81. The molecule has 1 aliphatic carbocycles. The van der Waals surface area contributed by atoms with Crippen LogP contribution in [-0.4, -0.2) is 5.91 Å². The van der Waals surface area contributed by atoms with Gasteiger partial charge in [0.15, 0.2) is 0 Å². The first kappa shape index (κ1) is 12.0. The maximum Gasteiger partial charge on any atom is 0.251 e. The molecule has 0 unspecified atom stereocenters. The van der Waals surface area contributed by atoms with Crippen LogP contribution in [0.4, 0.5) is 5.69 Å². The molecule has 2 aromatic rings. The third-order valence-electron chi connectivity index (χ3n) is 4.19. The van der Waals surface area contributed by atoms with Gasteiger partial charge in [-0.05, 0) is 54.0 Å². The summed E-state index contributed by atoms with van der Waals surface area (Å²) in [4.78, 5) is 13.2. The van der Waals surface area contributed by atoms with E-state index in [2.05, 4.69) is 28.1 Å². The van der Waals surface area contributed by atoms with Crippen molar-refractivity contribution in [2.75, 3.05) is 5.32 Å². The summed E-state index contributed by atoms with van der Waals surface area (Å²) in [6.45, 7) is 0.659. The van der Waals surface area contributed by atoms with Crippen LogP contribution in [0.15, 0.2) is 29.6 Å². The summed E-state index contributed by atoms with van der Waals surface area (Å²) >= 11 is 1.86. The van der Waals surface area contributed by atoms with Crippen LogP contribution in [0.3, 0.4) is 0 Å². The average molecular weight is 284 g/mol. The molecule has 4 heteroatoms. The maximum absolute atomic E-state index is 11.7. The summed E-state index contributed by atoms with van der Waals surface area (Å²) in [6, 6.07) is 8.73. The van der Waals surface area contributed by atoms with E-state index in [1.165, 1.54) is 23.3 Å². The predicted molar refractivity (Wildman–Crippen MR) is 81.2 cm³/mol. The van der Waals surface area contributed by atoms with Crippen molar-refractivity contribution in [2.45, 2.75) is 31.8 Å². The van der Waals surface area contributed by atoms with Crippen LogP contribution in [-0.2, 0) is 13.0 Å². The van der Waals surface area contributed by atoms with E-state index in [4.69, 9.17) is 0 Å². The molecule has 1 aromatic heterocycles. The van der Waals surface area contributed by atoms with Gasteiger partial charge in [0.2, 0.25) is 0 Å². The molecule has 1 amide bonds. The van der Waals surface area contributed by atoms with E-state index in [-0.39, 0.29) is 5.91 Å². The summed E-state index contributed by atoms with van der Waals surface area (Å²) in [5.41, 5.74) is 4.40. The number of hydrogen-bond acceptors (Lipinski definition) is 3. The van der Waals surface area contributed by atoms with Crippen LogP contribution in [0.1, 0.15) is 45.2 Å². The number of fused-ring (bicyclic) bond motifs is 2. The van der Waals surface area contributed by atoms with Crippen molar-refractivity contribution in [1.29, 1.82) is 0 Å². The normalized spacial score (nSPS) is 20.2. The standard InChI is InChI=1S/C16H16N2OS/c19-16-13-8-11(5-4-10(13)9-17-16)18-14-2-1-3-15-12(14)6-7-20-15/h4-8,14,18H,1-3,9H2,(H,17,19)/t14-/m1/s1. The summed E-state index contributed by atoms with van der Waals surface area (Å²) in [5.74, 6) is 0.0449. The molecule has 3 nitrogen and oxygen atoms in total. The lowest BCUT2D eigenvalue weighted by molar-refractivity contribution is 0.0966.